The number of anilines is 3. The minimum absolute atomic E-state index is 0.200. The molecular weight excluding hydrogens is 556 g/mol. The Morgan fingerprint density at radius 3 is 2.36 bits per heavy atom. The van der Waals surface area contributed by atoms with Crippen LogP contribution in [0.1, 0.15) is 37.6 Å². The molecule has 2 aromatic heterocycles. The van der Waals surface area contributed by atoms with Crippen LogP contribution in [0.3, 0.4) is 0 Å². The molecule has 5 rings (SSSR count). The molecule has 10 heteroatoms. The third kappa shape index (κ3) is 7.15. The summed E-state index contributed by atoms with van der Waals surface area (Å²) in [6.07, 6.45) is 1.64. The highest BCUT2D eigenvalue weighted by Crippen LogP contribution is 2.32. The summed E-state index contributed by atoms with van der Waals surface area (Å²) in [7, 11) is 1.30. The maximum Gasteiger partial charge on any atom is 0.412 e. The van der Waals surface area contributed by atoms with Crippen LogP contribution in [-0.2, 0) is 16.6 Å². The number of nitrogens with zero attached hydrogens (tertiary/aromatic N) is 3. The van der Waals surface area contributed by atoms with Crippen LogP contribution in [0.4, 0.5) is 26.9 Å². The summed E-state index contributed by atoms with van der Waals surface area (Å²) in [4.78, 5) is 28.9. The van der Waals surface area contributed by atoms with E-state index >= 15 is 0 Å². The van der Waals surface area contributed by atoms with Gasteiger partial charge >= 0.3 is 12.1 Å². The number of carbonyl (C=O) groups is 2. The zero-order chi connectivity index (χ0) is 31.3. The zero-order valence-corrected chi connectivity index (χ0v) is 25.5. The molecule has 0 saturated heterocycles. The fraction of sp³-hybridized carbons (Fsp3) is 0.235. The fourth-order valence-electron chi connectivity index (χ4n) is 4.63. The van der Waals surface area contributed by atoms with Crippen LogP contribution in [-0.4, -0.2) is 40.6 Å². The van der Waals surface area contributed by atoms with Crippen molar-refractivity contribution in [2.24, 2.45) is 0 Å². The molecule has 3 aromatic carbocycles. The number of methoxy groups -OCH3 is 1. The van der Waals surface area contributed by atoms with Gasteiger partial charge in [0, 0.05) is 34.9 Å². The van der Waals surface area contributed by atoms with Crippen LogP contribution in [0.15, 0.2) is 85.1 Å². The van der Waals surface area contributed by atoms with Gasteiger partial charge in [0.2, 0.25) is 0 Å². The molecular formula is C34H36N6O4. The number of aromatic nitrogens is 3. The van der Waals surface area contributed by atoms with Crippen LogP contribution in [0.5, 0.6) is 5.75 Å². The summed E-state index contributed by atoms with van der Waals surface area (Å²) in [5.41, 5.74) is 4.26. The minimum Gasteiger partial charge on any atom is -0.493 e. The quantitative estimate of drug-likeness (QED) is 0.172. The number of hydrogen-bond acceptors (Lipinski definition) is 6. The number of amides is 3. The molecule has 0 bridgehead atoms. The molecule has 0 saturated carbocycles. The van der Waals surface area contributed by atoms with Gasteiger partial charge in [0.25, 0.3) is 0 Å². The van der Waals surface area contributed by atoms with Crippen molar-refractivity contribution in [3.05, 3.63) is 102 Å². The van der Waals surface area contributed by atoms with E-state index < -0.39 is 6.09 Å². The van der Waals surface area contributed by atoms with Gasteiger partial charge in [-0.2, -0.15) is 5.10 Å². The Morgan fingerprint density at radius 1 is 0.886 bits per heavy atom. The summed E-state index contributed by atoms with van der Waals surface area (Å²) in [6, 6.07) is 24.6. The van der Waals surface area contributed by atoms with E-state index in [-0.39, 0.29) is 11.4 Å². The number of nitrogens with one attached hydrogen (secondary N) is 3. The molecule has 0 radical (unpaired) electrons. The van der Waals surface area contributed by atoms with Crippen molar-refractivity contribution in [1.29, 1.82) is 0 Å². The molecule has 2 heterocycles. The van der Waals surface area contributed by atoms with Gasteiger partial charge in [0.15, 0.2) is 0 Å². The van der Waals surface area contributed by atoms with Gasteiger partial charge in [0.05, 0.1) is 30.8 Å². The number of carbonyl (C=O) groups excluding carboxylic acids is 2. The van der Waals surface area contributed by atoms with Gasteiger partial charge in [-0.15, -0.1) is 0 Å². The third-order valence-corrected chi connectivity index (χ3v) is 7.02. The third-order valence-electron chi connectivity index (χ3n) is 7.02. The van der Waals surface area contributed by atoms with Gasteiger partial charge < -0.3 is 14.8 Å². The number of urea groups is 1. The molecule has 44 heavy (non-hydrogen) atoms. The summed E-state index contributed by atoms with van der Waals surface area (Å²) in [5, 5.41) is 15.1. The zero-order valence-electron chi connectivity index (χ0n) is 25.5. The summed E-state index contributed by atoms with van der Waals surface area (Å²) < 4.78 is 12.5. The molecule has 0 spiro atoms. The number of pyridine rings is 1. The predicted molar refractivity (Wildman–Crippen MR) is 173 cm³/mol. The van der Waals surface area contributed by atoms with Crippen molar-refractivity contribution in [3.63, 3.8) is 0 Å². The molecule has 0 aliphatic rings. The maximum absolute atomic E-state index is 13.3. The second-order valence-electron chi connectivity index (χ2n) is 11.4. The average Bonchev–Trinajstić information content (AvgIpc) is 3.43. The lowest BCUT2D eigenvalue weighted by Gasteiger charge is -2.14. The van der Waals surface area contributed by atoms with Crippen molar-refractivity contribution in [1.82, 2.24) is 14.8 Å². The minimum atomic E-state index is -0.577. The van der Waals surface area contributed by atoms with Crippen molar-refractivity contribution in [2.75, 3.05) is 29.7 Å². The molecule has 0 unspecified atom stereocenters. The normalized spacial score (nSPS) is 11.2. The Morgan fingerprint density at radius 2 is 1.64 bits per heavy atom. The van der Waals surface area contributed by atoms with Gasteiger partial charge in [-0.25, -0.2) is 19.3 Å². The molecule has 0 aliphatic heterocycles. The molecule has 0 atom stereocenters. The first kappa shape index (κ1) is 30.1. The van der Waals surface area contributed by atoms with Gasteiger partial charge in [-0.05, 0) is 48.9 Å². The number of ether oxygens (including phenoxy) is 2. The second kappa shape index (κ2) is 12.9. The smallest absolute Gasteiger partial charge is 0.412 e. The van der Waals surface area contributed by atoms with Crippen LogP contribution < -0.4 is 20.7 Å². The van der Waals surface area contributed by atoms with Crippen LogP contribution in [0.2, 0.25) is 0 Å². The molecule has 10 nitrogen and oxygen atoms in total. The number of rotatable bonds is 8. The van der Waals surface area contributed by atoms with E-state index in [2.05, 4.69) is 46.4 Å². The first-order chi connectivity index (χ1) is 21.1. The molecule has 0 aliphatic carbocycles. The van der Waals surface area contributed by atoms with E-state index in [1.165, 1.54) is 7.11 Å². The van der Waals surface area contributed by atoms with E-state index in [0.29, 0.717) is 36.1 Å². The Hall–Kier alpha value is -5.38. The lowest BCUT2D eigenvalue weighted by molar-refractivity contribution is 0.187. The molecule has 226 valence electrons. The Kier molecular flexibility index (Phi) is 8.80. The summed E-state index contributed by atoms with van der Waals surface area (Å²) in [5.74, 6) is 1.67. The highest BCUT2D eigenvalue weighted by molar-refractivity contribution is 6.07. The highest BCUT2D eigenvalue weighted by atomic mass is 16.5. The second-order valence-corrected chi connectivity index (χ2v) is 11.4. The van der Waals surface area contributed by atoms with Crippen LogP contribution in [0, 0.1) is 6.92 Å². The van der Waals surface area contributed by atoms with Gasteiger partial charge in [-0.1, -0.05) is 62.7 Å². The van der Waals surface area contributed by atoms with Crippen LogP contribution >= 0.6 is 0 Å². The first-order valence-corrected chi connectivity index (χ1v) is 14.3. The monoisotopic (exact) mass is 592 g/mol. The van der Waals surface area contributed by atoms with E-state index in [1.807, 2.05) is 79.7 Å². The Balaban J connectivity index is 1.31. The number of hydrogen-bond donors (Lipinski definition) is 3. The van der Waals surface area contributed by atoms with Gasteiger partial charge in [0.1, 0.15) is 17.4 Å². The van der Waals surface area contributed by atoms with Crippen molar-refractivity contribution in [2.45, 2.75) is 39.5 Å². The highest BCUT2D eigenvalue weighted by Gasteiger charge is 2.22. The average molecular weight is 593 g/mol. The summed E-state index contributed by atoms with van der Waals surface area (Å²) in [6.45, 7) is 8.70. The molecule has 5 aromatic rings. The van der Waals surface area contributed by atoms with E-state index in [0.717, 1.165) is 33.3 Å². The molecule has 3 N–H and O–H groups in total. The van der Waals surface area contributed by atoms with Crippen LogP contribution in [0.25, 0.3) is 16.5 Å². The predicted octanol–water partition coefficient (Wildman–Crippen LogP) is 7.47. The van der Waals surface area contributed by atoms with Crippen molar-refractivity contribution >= 4 is 40.2 Å². The van der Waals surface area contributed by atoms with E-state index in [1.54, 1.807) is 16.9 Å². The summed E-state index contributed by atoms with van der Waals surface area (Å²) >= 11 is 0. The lowest BCUT2D eigenvalue weighted by atomic mass is 9.92. The lowest BCUT2D eigenvalue weighted by Crippen LogP contribution is -2.21. The Bertz CT molecular complexity index is 1790. The Labute approximate surface area is 256 Å². The number of benzene rings is 3. The number of aryl methyl sites for hydroxylation is 1. The van der Waals surface area contributed by atoms with Gasteiger partial charge in [-0.3, -0.25) is 10.6 Å². The number of fused-ring (bicyclic) bond motifs is 1. The molecule has 3 amide bonds. The largest absolute Gasteiger partial charge is 0.493 e. The first-order valence-electron chi connectivity index (χ1n) is 14.3. The maximum atomic E-state index is 13.3. The molecule has 0 fully saturated rings. The standard InChI is InChI=1S/C34H36N6O4/c1-22-10-12-24(13-11-22)40-31(21-29(39-40)34(2,3)4)38-32(41)36-27-14-15-28(26-9-7-6-8-25(26)27)44-19-17-23-16-18-35-30(20-23)37-33(42)43-5/h6-16,18,20-21H,17,19H2,1-5H3,(H,35,37,42)(H2,36,38,41). The van der Waals surface area contributed by atoms with Crippen molar-refractivity contribution < 1.29 is 19.1 Å². The van der Waals surface area contributed by atoms with E-state index in [9.17, 15) is 9.59 Å². The topological polar surface area (TPSA) is 119 Å². The van der Waals surface area contributed by atoms with Crippen molar-refractivity contribution in [3.8, 4) is 11.4 Å². The van der Waals surface area contributed by atoms with E-state index in [4.69, 9.17) is 9.84 Å². The SMILES string of the molecule is COC(=O)Nc1cc(CCOc2ccc(NC(=O)Nc3cc(C(C)(C)C)nn3-c3ccc(C)cc3)c3ccccc23)ccn1. The fourth-order valence-corrected chi connectivity index (χ4v) is 4.63.